The summed E-state index contributed by atoms with van der Waals surface area (Å²) in [7, 11) is 0. The van der Waals surface area contributed by atoms with Crippen LogP contribution in [0.5, 0.6) is 0 Å². The van der Waals surface area contributed by atoms with Gasteiger partial charge in [-0.1, -0.05) is 50.6 Å². The number of hydrogen-bond acceptors (Lipinski definition) is 2. The summed E-state index contributed by atoms with van der Waals surface area (Å²) in [6, 6.07) is 9.63. The molecule has 3 nitrogen and oxygen atoms in total. The molecule has 0 aliphatic rings. The molecule has 0 fully saturated rings. The minimum absolute atomic E-state index is 0.0516. The Bertz CT molecular complexity index is 364. The van der Waals surface area contributed by atoms with Crippen LogP contribution in [0.4, 0.5) is 0 Å². The average Bonchev–Trinajstić information content (AvgIpc) is 2.43. The second-order valence-corrected chi connectivity index (χ2v) is 4.75. The van der Waals surface area contributed by atoms with E-state index in [0.717, 1.165) is 12.0 Å². The maximum Gasteiger partial charge on any atom is 0.240 e. The van der Waals surface area contributed by atoms with Crippen LogP contribution in [0.15, 0.2) is 30.3 Å². The van der Waals surface area contributed by atoms with Gasteiger partial charge in [0.05, 0.1) is 6.04 Å². The fraction of sp³-hybridized carbons (Fsp3) is 0.533. The van der Waals surface area contributed by atoms with Gasteiger partial charge in [0.15, 0.2) is 0 Å². The first-order valence-electron chi connectivity index (χ1n) is 6.68. The maximum absolute atomic E-state index is 12.3. The topological polar surface area (TPSA) is 46.3 Å². The molecular weight excluding hydrogens is 224 g/mol. The molecule has 0 aliphatic heterocycles. The van der Waals surface area contributed by atoms with Gasteiger partial charge in [0.25, 0.3) is 0 Å². The van der Waals surface area contributed by atoms with E-state index >= 15 is 0 Å². The van der Waals surface area contributed by atoms with Gasteiger partial charge in [-0.25, -0.2) is 0 Å². The van der Waals surface area contributed by atoms with Crippen LogP contribution >= 0.6 is 0 Å². The smallest absolute Gasteiger partial charge is 0.240 e. The Labute approximate surface area is 110 Å². The van der Waals surface area contributed by atoms with Crippen molar-refractivity contribution >= 4 is 5.91 Å². The molecule has 0 heterocycles. The van der Waals surface area contributed by atoms with E-state index in [9.17, 15) is 4.79 Å². The van der Waals surface area contributed by atoms with Crippen LogP contribution in [0.2, 0.25) is 0 Å². The molecule has 2 N–H and O–H groups in total. The Kier molecular flexibility index (Phi) is 5.86. The highest BCUT2D eigenvalue weighted by molar-refractivity contribution is 5.81. The van der Waals surface area contributed by atoms with Crippen molar-refractivity contribution in [2.24, 2.45) is 11.7 Å². The molecule has 1 amide bonds. The molecule has 0 bridgehead atoms. The molecule has 0 radical (unpaired) electrons. The molecule has 2 atom stereocenters. The van der Waals surface area contributed by atoms with Gasteiger partial charge < -0.3 is 10.6 Å². The molecule has 2 unspecified atom stereocenters. The van der Waals surface area contributed by atoms with Crippen molar-refractivity contribution in [1.29, 1.82) is 0 Å². The molecule has 100 valence electrons. The van der Waals surface area contributed by atoms with Crippen molar-refractivity contribution in [1.82, 2.24) is 4.90 Å². The number of nitrogens with two attached hydrogens (primary N) is 1. The fourth-order valence-electron chi connectivity index (χ4n) is 1.86. The zero-order valence-electron chi connectivity index (χ0n) is 11.6. The molecular formula is C15H24N2O. The average molecular weight is 248 g/mol. The van der Waals surface area contributed by atoms with Crippen LogP contribution in [0.1, 0.15) is 32.8 Å². The number of carbonyl (C=O) groups is 1. The maximum atomic E-state index is 12.3. The summed E-state index contributed by atoms with van der Waals surface area (Å²) in [5.41, 5.74) is 7.15. The fourth-order valence-corrected chi connectivity index (χ4v) is 1.86. The van der Waals surface area contributed by atoms with Crippen molar-refractivity contribution in [3.63, 3.8) is 0 Å². The second-order valence-electron chi connectivity index (χ2n) is 4.75. The minimum atomic E-state index is -0.390. The molecule has 0 aliphatic carbocycles. The van der Waals surface area contributed by atoms with E-state index in [2.05, 4.69) is 6.92 Å². The summed E-state index contributed by atoms with van der Waals surface area (Å²) in [4.78, 5) is 14.1. The number of rotatable bonds is 6. The van der Waals surface area contributed by atoms with Gasteiger partial charge in [-0.3, -0.25) is 4.79 Å². The second kappa shape index (κ2) is 7.17. The third-order valence-electron chi connectivity index (χ3n) is 3.45. The third-order valence-corrected chi connectivity index (χ3v) is 3.45. The number of nitrogens with zero attached hydrogens (tertiary/aromatic N) is 1. The van der Waals surface area contributed by atoms with Gasteiger partial charge in [0.1, 0.15) is 0 Å². The van der Waals surface area contributed by atoms with Crippen LogP contribution in [0, 0.1) is 5.92 Å². The highest BCUT2D eigenvalue weighted by atomic mass is 16.2. The monoisotopic (exact) mass is 248 g/mol. The molecule has 1 aromatic carbocycles. The molecule has 1 aromatic rings. The van der Waals surface area contributed by atoms with Crippen molar-refractivity contribution in [2.45, 2.75) is 39.8 Å². The van der Waals surface area contributed by atoms with E-state index in [-0.39, 0.29) is 11.8 Å². The van der Waals surface area contributed by atoms with Crippen LogP contribution in [-0.2, 0) is 11.3 Å². The van der Waals surface area contributed by atoms with Crippen LogP contribution in [-0.4, -0.2) is 23.4 Å². The number of carbonyl (C=O) groups excluding carboxylic acids is 1. The van der Waals surface area contributed by atoms with E-state index < -0.39 is 6.04 Å². The van der Waals surface area contributed by atoms with Gasteiger partial charge in [0, 0.05) is 13.1 Å². The van der Waals surface area contributed by atoms with E-state index in [4.69, 9.17) is 5.73 Å². The first kappa shape index (κ1) is 14.7. The first-order chi connectivity index (χ1) is 8.60. The zero-order valence-corrected chi connectivity index (χ0v) is 11.6. The first-order valence-corrected chi connectivity index (χ1v) is 6.68. The van der Waals surface area contributed by atoms with Crippen molar-refractivity contribution in [2.75, 3.05) is 6.54 Å². The quantitative estimate of drug-likeness (QED) is 0.840. The molecule has 18 heavy (non-hydrogen) atoms. The normalized spacial score (nSPS) is 14.0. The third kappa shape index (κ3) is 3.84. The SMILES string of the molecule is CCC(C)C(N)C(=O)N(CC)Cc1ccccc1. The Hall–Kier alpha value is -1.35. The summed E-state index contributed by atoms with van der Waals surface area (Å²) in [5, 5.41) is 0. The van der Waals surface area contributed by atoms with Gasteiger partial charge in [-0.15, -0.1) is 0 Å². The summed E-state index contributed by atoms with van der Waals surface area (Å²) < 4.78 is 0. The largest absolute Gasteiger partial charge is 0.337 e. The lowest BCUT2D eigenvalue weighted by atomic mass is 9.98. The molecule has 0 spiro atoms. The van der Waals surface area contributed by atoms with Gasteiger partial charge in [-0.05, 0) is 18.4 Å². The summed E-state index contributed by atoms with van der Waals surface area (Å²) in [5.74, 6) is 0.276. The summed E-state index contributed by atoms with van der Waals surface area (Å²) in [6.45, 7) is 7.41. The number of likely N-dealkylation sites (N-methyl/N-ethyl adjacent to an activating group) is 1. The van der Waals surface area contributed by atoms with Gasteiger partial charge in [0.2, 0.25) is 5.91 Å². The van der Waals surface area contributed by atoms with Crippen molar-refractivity contribution in [3.05, 3.63) is 35.9 Å². The summed E-state index contributed by atoms with van der Waals surface area (Å²) in [6.07, 6.45) is 0.926. The molecule has 1 rings (SSSR count). The highest BCUT2D eigenvalue weighted by Crippen LogP contribution is 2.11. The van der Waals surface area contributed by atoms with Gasteiger partial charge >= 0.3 is 0 Å². The predicted octanol–water partition coefficient (Wildman–Crippen LogP) is 2.41. The minimum Gasteiger partial charge on any atom is -0.337 e. The molecule has 0 aromatic heterocycles. The van der Waals surface area contributed by atoms with Crippen molar-refractivity contribution < 1.29 is 4.79 Å². The zero-order chi connectivity index (χ0) is 13.5. The highest BCUT2D eigenvalue weighted by Gasteiger charge is 2.23. The number of amides is 1. The summed E-state index contributed by atoms with van der Waals surface area (Å²) >= 11 is 0. The van der Waals surface area contributed by atoms with Crippen LogP contribution < -0.4 is 5.73 Å². The molecule has 0 saturated carbocycles. The van der Waals surface area contributed by atoms with Crippen LogP contribution in [0.25, 0.3) is 0 Å². The standard InChI is InChI=1S/C15H24N2O/c1-4-12(3)14(16)15(18)17(5-2)11-13-9-7-6-8-10-13/h6-10,12,14H,4-5,11,16H2,1-3H3. The Morgan fingerprint density at radius 1 is 1.28 bits per heavy atom. The lowest BCUT2D eigenvalue weighted by Gasteiger charge is -2.27. The Morgan fingerprint density at radius 3 is 2.39 bits per heavy atom. The Morgan fingerprint density at radius 2 is 1.89 bits per heavy atom. The van der Waals surface area contributed by atoms with E-state index in [1.807, 2.05) is 49.1 Å². The lowest BCUT2D eigenvalue weighted by Crippen LogP contribution is -2.46. The Balaban J connectivity index is 2.69. The van der Waals surface area contributed by atoms with Gasteiger partial charge in [-0.2, -0.15) is 0 Å². The lowest BCUT2D eigenvalue weighted by molar-refractivity contribution is -0.134. The number of hydrogen-bond donors (Lipinski definition) is 1. The van der Waals surface area contributed by atoms with E-state index in [1.54, 1.807) is 0 Å². The predicted molar refractivity (Wildman–Crippen MR) is 75.0 cm³/mol. The van der Waals surface area contributed by atoms with E-state index in [1.165, 1.54) is 0 Å². The van der Waals surface area contributed by atoms with E-state index in [0.29, 0.717) is 13.1 Å². The van der Waals surface area contributed by atoms with Crippen LogP contribution in [0.3, 0.4) is 0 Å². The number of benzene rings is 1. The molecule has 3 heteroatoms. The molecule has 0 saturated heterocycles. The van der Waals surface area contributed by atoms with Crippen molar-refractivity contribution in [3.8, 4) is 0 Å².